The molecule has 0 unspecified atom stereocenters. The molecule has 3 aliphatic rings. The summed E-state index contributed by atoms with van der Waals surface area (Å²) in [7, 11) is 0. The second-order valence-electron chi connectivity index (χ2n) is 11.7. The van der Waals surface area contributed by atoms with E-state index in [-0.39, 0.29) is 68.1 Å². The number of nitrogens with zero attached hydrogens (tertiary/aromatic N) is 5. The fraction of sp³-hybridized carbons (Fsp3) is 0.548. The molecule has 1 aromatic carbocycles. The Morgan fingerprint density at radius 2 is 1.69 bits per heavy atom. The van der Waals surface area contributed by atoms with Crippen LogP contribution in [-0.4, -0.2) is 117 Å². The third kappa shape index (κ3) is 7.55. The molecule has 3 fully saturated rings. The van der Waals surface area contributed by atoms with Crippen LogP contribution in [0.15, 0.2) is 36.4 Å². The van der Waals surface area contributed by atoms with Gasteiger partial charge in [0.2, 0.25) is 17.7 Å². The topological polar surface area (TPSA) is 166 Å². The molecule has 3 heterocycles. The highest BCUT2D eigenvalue weighted by Crippen LogP contribution is 2.24. The lowest BCUT2D eigenvalue weighted by atomic mass is 9.93. The van der Waals surface area contributed by atoms with Crippen molar-refractivity contribution in [3.63, 3.8) is 0 Å². The molecule has 5 rings (SSSR count). The van der Waals surface area contributed by atoms with Crippen molar-refractivity contribution in [3.8, 4) is 11.6 Å². The molecule has 45 heavy (non-hydrogen) atoms. The van der Waals surface area contributed by atoms with E-state index in [0.29, 0.717) is 31.5 Å². The average Bonchev–Trinajstić information content (AvgIpc) is 3.70. The van der Waals surface area contributed by atoms with Gasteiger partial charge in [-0.1, -0.05) is 31.5 Å². The molecule has 242 valence electrons. The molecule has 2 aromatic rings. The molecule has 2 aliphatic heterocycles. The standard InChI is InChI=1S/C31H41N7O7/c1-2-8-23(30(42)35-15-17-36(18-16-35)31(43)44)33-28(40)24-19-27(38(34-24)22-11-4-3-5-12-22)45-20-26(39)37-14-7-13-25(37)29(41)32-21-9-6-10-21/h3-5,11-12,19,21,23,25H,2,6-10,13-18,20H2,1H3,(H,32,41)(H,33,40)(H,43,44)/t23-,25-/m0/s1. The summed E-state index contributed by atoms with van der Waals surface area (Å²) in [6.07, 6.45) is 4.37. The molecule has 0 spiro atoms. The Morgan fingerprint density at radius 3 is 2.33 bits per heavy atom. The van der Waals surface area contributed by atoms with Crippen molar-refractivity contribution in [3.05, 3.63) is 42.1 Å². The molecule has 2 atom stereocenters. The van der Waals surface area contributed by atoms with E-state index in [0.717, 1.165) is 25.7 Å². The van der Waals surface area contributed by atoms with Crippen LogP contribution in [0, 0.1) is 0 Å². The third-order valence-corrected chi connectivity index (χ3v) is 8.62. The summed E-state index contributed by atoms with van der Waals surface area (Å²) in [6, 6.07) is 9.29. The first-order valence-electron chi connectivity index (χ1n) is 15.7. The number of aromatic nitrogens is 2. The van der Waals surface area contributed by atoms with Crippen LogP contribution in [0.3, 0.4) is 0 Å². The molecular weight excluding hydrogens is 582 g/mol. The fourth-order valence-corrected chi connectivity index (χ4v) is 5.86. The van der Waals surface area contributed by atoms with Crippen molar-refractivity contribution >= 4 is 29.7 Å². The Hall–Kier alpha value is -4.62. The van der Waals surface area contributed by atoms with Crippen molar-refractivity contribution in [2.24, 2.45) is 0 Å². The Bertz CT molecular complexity index is 1390. The summed E-state index contributed by atoms with van der Waals surface area (Å²) < 4.78 is 7.36. The zero-order chi connectivity index (χ0) is 31.9. The van der Waals surface area contributed by atoms with Gasteiger partial charge >= 0.3 is 6.09 Å². The average molecular weight is 624 g/mol. The Labute approximate surface area is 261 Å². The van der Waals surface area contributed by atoms with Gasteiger partial charge in [0.1, 0.15) is 12.1 Å². The first-order valence-corrected chi connectivity index (χ1v) is 15.7. The lowest BCUT2D eigenvalue weighted by molar-refractivity contribution is -0.140. The molecule has 5 amide bonds. The van der Waals surface area contributed by atoms with Gasteiger partial charge in [-0.25, -0.2) is 9.48 Å². The molecule has 14 heteroatoms. The van der Waals surface area contributed by atoms with Crippen LogP contribution in [0.5, 0.6) is 5.88 Å². The number of likely N-dealkylation sites (tertiary alicyclic amines) is 1. The van der Waals surface area contributed by atoms with E-state index in [4.69, 9.17) is 4.74 Å². The van der Waals surface area contributed by atoms with Gasteiger partial charge in [-0.15, -0.1) is 0 Å². The van der Waals surface area contributed by atoms with Crippen LogP contribution in [0.4, 0.5) is 4.79 Å². The zero-order valence-corrected chi connectivity index (χ0v) is 25.5. The van der Waals surface area contributed by atoms with E-state index in [9.17, 15) is 29.1 Å². The number of carbonyl (C=O) groups excluding carboxylic acids is 4. The van der Waals surface area contributed by atoms with Crippen LogP contribution in [0.25, 0.3) is 5.69 Å². The van der Waals surface area contributed by atoms with E-state index in [1.165, 1.54) is 15.6 Å². The number of ether oxygens (including phenoxy) is 1. The molecule has 1 aromatic heterocycles. The van der Waals surface area contributed by atoms with Crippen molar-refractivity contribution in [2.45, 2.75) is 70.0 Å². The van der Waals surface area contributed by atoms with E-state index >= 15 is 0 Å². The Balaban J connectivity index is 1.27. The van der Waals surface area contributed by atoms with E-state index in [1.807, 2.05) is 13.0 Å². The maximum Gasteiger partial charge on any atom is 0.407 e. The van der Waals surface area contributed by atoms with Crippen LogP contribution in [-0.2, 0) is 14.4 Å². The molecule has 1 aliphatic carbocycles. The molecule has 0 radical (unpaired) electrons. The van der Waals surface area contributed by atoms with Gasteiger partial charge in [0.15, 0.2) is 12.3 Å². The fourth-order valence-electron chi connectivity index (χ4n) is 5.86. The van der Waals surface area contributed by atoms with Crippen molar-refractivity contribution < 1.29 is 33.8 Å². The van der Waals surface area contributed by atoms with Crippen LogP contribution in [0.2, 0.25) is 0 Å². The van der Waals surface area contributed by atoms with Gasteiger partial charge in [0.05, 0.1) is 5.69 Å². The van der Waals surface area contributed by atoms with Gasteiger partial charge in [-0.05, 0) is 50.7 Å². The van der Waals surface area contributed by atoms with Crippen molar-refractivity contribution in [2.75, 3.05) is 39.3 Å². The minimum Gasteiger partial charge on any atom is -0.467 e. The lowest BCUT2D eigenvalue weighted by Crippen LogP contribution is -2.55. The third-order valence-electron chi connectivity index (χ3n) is 8.62. The van der Waals surface area contributed by atoms with Gasteiger partial charge in [0, 0.05) is 44.8 Å². The molecule has 3 N–H and O–H groups in total. The van der Waals surface area contributed by atoms with Crippen molar-refractivity contribution in [1.82, 2.24) is 35.1 Å². The summed E-state index contributed by atoms with van der Waals surface area (Å²) in [5.41, 5.74) is 0.611. The van der Waals surface area contributed by atoms with Gasteiger partial charge in [-0.3, -0.25) is 19.2 Å². The number of benzene rings is 1. The predicted molar refractivity (Wildman–Crippen MR) is 162 cm³/mol. The second-order valence-corrected chi connectivity index (χ2v) is 11.7. The minimum atomic E-state index is -1.02. The monoisotopic (exact) mass is 623 g/mol. The van der Waals surface area contributed by atoms with Gasteiger partial charge < -0.3 is 35.2 Å². The number of para-hydroxylation sites is 1. The summed E-state index contributed by atoms with van der Waals surface area (Å²) in [4.78, 5) is 68.4. The number of rotatable bonds is 11. The SMILES string of the molecule is CCC[C@H](NC(=O)c1cc(OCC(=O)N2CCC[C@H]2C(=O)NC2CCC2)n(-c2ccccc2)n1)C(=O)N1CCN(C(=O)O)CC1. The number of amides is 5. The van der Waals surface area contributed by atoms with Gasteiger partial charge in [-0.2, -0.15) is 5.10 Å². The molecule has 0 bridgehead atoms. The summed E-state index contributed by atoms with van der Waals surface area (Å²) in [5, 5.41) is 19.5. The maximum absolute atomic E-state index is 13.4. The number of carboxylic acid groups (broad SMARTS) is 1. The summed E-state index contributed by atoms with van der Waals surface area (Å²) in [6.45, 7) is 2.94. The number of hydrogen-bond acceptors (Lipinski definition) is 7. The van der Waals surface area contributed by atoms with E-state index in [1.54, 1.807) is 34.1 Å². The largest absolute Gasteiger partial charge is 0.467 e. The highest BCUT2D eigenvalue weighted by atomic mass is 16.5. The second kappa shape index (κ2) is 14.4. The number of hydrogen-bond donors (Lipinski definition) is 3. The van der Waals surface area contributed by atoms with Gasteiger partial charge in [0.25, 0.3) is 11.8 Å². The van der Waals surface area contributed by atoms with Crippen LogP contribution < -0.4 is 15.4 Å². The number of piperazine rings is 1. The van der Waals surface area contributed by atoms with Crippen LogP contribution in [0.1, 0.15) is 62.4 Å². The smallest absolute Gasteiger partial charge is 0.407 e. The zero-order valence-electron chi connectivity index (χ0n) is 25.5. The molecule has 14 nitrogen and oxygen atoms in total. The van der Waals surface area contributed by atoms with Crippen LogP contribution >= 0.6 is 0 Å². The Kier molecular flexibility index (Phi) is 10.2. The number of nitrogens with one attached hydrogen (secondary N) is 2. The Morgan fingerprint density at radius 1 is 0.978 bits per heavy atom. The molecule has 1 saturated carbocycles. The predicted octanol–water partition coefficient (Wildman–Crippen LogP) is 1.63. The van der Waals surface area contributed by atoms with E-state index in [2.05, 4.69) is 15.7 Å². The first-order chi connectivity index (χ1) is 21.7. The minimum absolute atomic E-state index is 0.00447. The highest BCUT2D eigenvalue weighted by molar-refractivity contribution is 5.96. The highest BCUT2D eigenvalue weighted by Gasteiger charge is 2.36. The summed E-state index contributed by atoms with van der Waals surface area (Å²) in [5.74, 6) is -1.15. The first kappa shape index (κ1) is 31.8. The van der Waals surface area contributed by atoms with E-state index < -0.39 is 24.1 Å². The maximum atomic E-state index is 13.4. The molecule has 2 saturated heterocycles. The lowest BCUT2D eigenvalue weighted by Gasteiger charge is -2.35. The summed E-state index contributed by atoms with van der Waals surface area (Å²) >= 11 is 0. The number of carbonyl (C=O) groups is 5. The quantitative estimate of drug-likeness (QED) is 0.340. The van der Waals surface area contributed by atoms with Crippen molar-refractivity contribution in [1.29, 1.82) is 0 Å². The molecular formula is C31H41N7O7. The normalized spacial score (nSPS) is 19.0.